The molecule has 162 valence electrons. The van der Waals surface area contributed by atoms with E-state index in [1.807, 2.05) is 0 Å². The van der Waals surface area contributed by atoms with E-state index in [1.54, 1.807) is 26.0 Å². The Labute approximate surface area is 184 Å². The maximum absolute atomic E-state index is 5.79. The molecule has 0 aliphatic rings. The minimum absolute atomic E-state index is 0.813. The molecule has 0 aliphatic heterocycles. The van der Waals surface area contributed by atoms with Crippen LogP contribution in [0.2, 0.25) is 0 Å². The maximum atomic E-state index is 5.79. The second kappa shape index (κ2) is 10.1. The van der Waals surface area contributed by atoms with E-state index in [-0.39, 0.29) is 0 Å². The van der Waals surface area contributed by atoms with Crippen molar-refractivity contribution in [2.45, 2.75) is 45.1 Å². The molecule has 5 nitrogen and oxygen atoms in total. The summed E-state index contributed by atoms with van der Waals surface area (Å²) < 4.78 is 13.8. The highest BCUT2D eigenvalue weighted by molar-refractivity contribution is 7.98. The van der Waals surface area contributed by atoms with Crippen LogP contribution in [-0.4, -0.2) is 42.9 Å². The van der Waals surface area contributed by atoms with Gasteiger partial charge in [0.2, 0.25) is 0 Å². The molecule has 0 bridgehead atoms. The summed E-state index contributed by atoms with van der Waals surface area (Å²) in [5, 5.41) is 1.05. The number of methoxy groups -OCH3 is 2. The molecule has 0 saturated heterocycles. The Bertz CT molecular complexity index is 969. The summed E-state index contributed by atoms with van der Waals surface area (Å²) in [4.78, 5) is 7.51. The van der Waals surface area contributed by atoms with E-state index in [1.165, 1.54) is 11.4 Å². The number of hydrogen-bond acceptors (Lipinski definition) is 5. The van der Waals surface area contributed by atoms with E-state index >= 15 is 0 Å². The average molecular weight is 428 g/mol. The second-order valence-electron chi connectivity index (χ2n) is 7.28. The van der Waals surface area contributed by atoms with Crippen LogP contribution in [-0.2, 0) is 6.42 Å². The lowest BCUT2D eigenvalue weighted by molar-refractivity contribution is 0.396. The average Bonchev–Trinajstić information content (AvgIpc) is 3.16. The Balaban J connectivity index is 2.30. The van der Waals surface area contributed by atoms with Crippen LogP contribution in [0.3, 0.4) is 0 Å². The first-order valence-electron chi connectivity index (χ1n) is 10.7. The molecule has 0 unspecified atom stereocenters. The lowest BCUT2D eigenvalue weighted by Crippen LogP contribution is -2.26. The predicted octanol–water partition coefficient (Wildman–Crippen LogP) is 5.93. The van der Waals surface area contributed by atoms with Crippen LogP contribution >= 0.6 is 11.8 Å². The Morgan fingerprint density at radius 3 is 2.17 bits per heavy atom. The summed E-state index contributed by atoms with van der Waals surface area (Å²) in [5.74, 6) is 2.80. The van der Waals surface area contributed by atoms with Gasteiger partial charge in [0.25, 0.3) is 0 Å². The van der Waals surface area contributed by atoms with E-state index in [2.05, 4.69) is 66.8 Å². The summed E-state index contributed by atoms with van der Waals surface area (Å²) in [5.41, 5.74) is 4.08. The monoisotopic (exact) mass is 427 g/mol. The molecule has 2 heterocycles. The molecule has 30 heavy (non-hydrogen) atoms. The molecule has 3 aromatic rings. The molecule has 0 amide bonds. The quantitative estimate of drug-likeness (QED) is 0.375. The Morgan fingerprint density at radius 1 is 1.03 bits per heavy atom. The van der Waals surface area contributed by atoms with Crippen molar-refractivity contribution in [3.05, 3.63) is 36.0 Å². The molecule has 3 rings (SSSR count). The van der Waals surface area contributed by atoms with E-state index in [4.69, 9.17) is 14.5 Å². The van der Waals surface area contributed by atoms with E-state index in [0.29, 0.717) is 0 Å². The van der Waals surface area contributed by atoms with Crippen molar-refractivity contribution in [3.63, 3.8) is 0 Å². The number of fused-ring (bicyclic) bond motifs is 1. The number of aromatic nitrogens is 2. The van der Waals surface area contributed by atoms with Crippen LogP contribution in [0, 0.1) is 0 Å². The van der Waals surface area contributed by atoms with Crippen LogP contribution in [0.15, 0.2) is 35.5 Å². The number of aryl methyl sites for hydroxylation is 1. The van der Waals surface area contributed by atoms with Crippen LogP contribution in [0.1, 0.15) is 39.2 Å². The minimum Gasteiger partial charge on any atom is -0.496 e. The Kier molecular flexibility index (Phi) is 7.53. The number of rotatable bonds is 10. The van der Waals surface area contributed by atoms with Crippen LogP contribution in [0.4, 0.5) is 5.82 Å². The standard InChI is InChI=1S/C24H33N3O2S/c1-7-12-26(13-8-2)24-23(30-6)25-22-18(11-10-14-27(22)24)21-19(28-4)15-17(9-3)16-20(21)29-5/h10-11,14-16H,7-9,12-13H2,1-6H3. The number of imidazole rings is 1. The van der Waals surface area contributed by atoms with Crippen molar-refractivity contribution in [2.24, 2.45) is 0 Å². The van der Waals surface area contributed by atoms with Crippen LogP contribution in [0.5, 0.6) is 11.5 Å². The highest BCUT2D eigenvalue weighted by Crippen LogP contribution is 2.43. The van der Waals surface area contributed by atoms with Gasteiger partial charge in [0.15, 0.2) is 0 Å². The van der Waals surface area contributed by atoms with Crippen molar-refractivity contribution in [1.29, 1.82) is 0 Å². The zero-order valence-corrected chi connectivity index (χ0v) is 19.8. The molecule has 1 aromatic carbocycles. The van der Waals surface area contributed by atoms with Gasteiger partial charge in [0.05, 0.1) is 19.8 Å². The van der Waals surface area contributed by atoms with E-state index in [9.17, 15) is 0 Å². The number of anilines is 1. The van der Waals surface area contributed by atoms with Gasteiger partial charge in [0.1, 0.15) is 28.0 Å². The van der Waals surface area contributed by atoms with Gasteiger partial charge in [-0.25, -0.2) is 4.98 Å². The molecule has 0 radical (unpaired) electrons. The topological polar surface area (TPSA) is 39.0 Å². The smallest absolute Gasteiger partial charge is 0.147 e. The number of thioether (sulfide) groups is 1. The lowest BCUT2D eigenvalue weighted by Gasteiger charge is -2.24. The third kappa shape index (κ3) is 4.10. The fourth-order valence-electron chi connectivity index (χ4n) is 3.95. The van der Waals surface area contributed by atoms with Crippen molar-refractivity contribution in [1.82, 2.24) is 9.38 Å². The number of nitrogens with zero attached hydrogens (tertiary/aromatic N) is 3. The van der Waals surface area contributed by atoms with Gasteiger partial charge in [-0.1, -0.05) is 20.8 Å². The first kappa shape index (κ1) is 22.3. The highest BCUT2D eigenvalue weighted by atomic mass is 32.2. The van der Waals surface area contributed by atoms with Crippen LogP contribution < -0.4 is 14.4 Å². The van der Waals surface area contributed by atoms with Gasteiger partial charge in [-0.05, 0) is 55.3 Å². The number of hydrogen-bond donors (Lipinski definition) is 0. The summed E-state index contributed by atoms with van der Waals surface area (Å²) in [7, 11) is 3.43. The molecule has 0 aliphatic carbocycles. The summed E-state index contributed by atoms with van der Waals surface area (Å²) in [6.07, 6.45) is 7.32. The zero-order valence-electron chi connectivity index (χ0n) is 19.0. The van der Waals surface area contributed by atoms with Gasteiger partial charge < -0.3 is 14.4 Å². The van der Waals surface area contributed by atoms with Gasteiger partial charge in [0, 0.05) is 24.8 Å². The van der Waals surface area contributed by atoms with Crippen molar-refractivity contribution in [2.75, 3.05) is 38.5 Å². The summed E-state index contributed by atoms with van der Waals surface area (Å²) in [6, 6.07) is 8.38. The first-order valence-corrected chi connectivity index (χ1v) is 11.9. The molecule has 6 heteroatoms. The molecular weight excluding hydrogens is 394 g/mol. The van der Waals surface area contributed by atoms with Crippen molar-refractivity contribution in [3.8, 4) is 22.6 Å². The molecular formula is C24H33N3O2S. The van der Waals surface area contributed by atoms with Gasteiger partial charge in [-0.2, -0.15) is 0 Å². The molecule has 2 aromatic heterocycles. The van der Waals surface area contributed by atoms with Crippen molar-refractivity contribution < 1.29 is 9.47 Å². The molecule has 0 spiro atoms. The fourth-order valence-corrected chi connectivity index (χ4v) is 4.54. The summed E-state index contributed by atoms with van der Waals surface area (Å²) >= 11 is 1.69. The van der Waals surface area contributed by atoms with Gasteiger partial charge in [-0.3, -0.25) is 4.40 Å². The molecule has 0 fully saturated rings. The third-order valence-electron chi connectivity index (χ3n) is 5.32. The second-order valence-corrected chi connectivity index (χ2v) is 8.07. The Morgan fingerprint density at radius 2 is 1.67 bits per heavy atom. The molecule has 0 N–H and O–H groups in total. The lowest BCUT2D eigenvalue weighted by atomic mass is 10.0. The molecule has 0 saturated carbocycles. The molecule has 0 atom stereocenters. The maximum Gasteiger partial charge on any atom is 0.147 e. The fraction of sp³-hybridized carbons (Fsp3) is 0.458. The number of pyridine rings is 1. The first-order chi connectivity index (χ1) is 14.6. The van der Waals surface area contributed by atoms with Gasteiger partial charge in [-0.15, -0.1) is 11.8 Å². The number of benzene rings is 1. The van der Waals surface area contributed by atoms with Gasteiger partial charge >= 0.3 is 0 Å². The van der Waals surface area contributed by atoms with E-state index in [0.717, 1.165) is 65.7 Å². The number of ether oxygens (including phenoxy) is 2. The largest absolute Gasteiger partial charge is 0.496 e. The van der Waals surface area contributed by atoms with E-state index < -0.39 is 0 Å². The normalized spacial score (nSPS) is 11.1. The van der Waals surface area contributed by atoms with Crippen molar-refractivity contribution >= 4 is 23.2 Å². The summed E-state index contributed by atoms with van der Waals surface area (Å²) in [6.45, 7) is 8.60. The predicted molar refractivity (Wildman–Crippen MR) is 128 cm³/mol. The van der Waals surface area contributed by atoms with Crippen LogP contribution in [0.25, 0.3) is 16.8 Å². The zero-order chi connectivity index (χ0) is 21.7. The minimum atomic E-state index is 0.813. The Hall–Kier alpha value is -2.34. The highest BCUT2D eigenvalue weighted by Gasteiger charge is 2.23. The third-order valence-corrected chi connectivity index (χ3v) is 5.98. The SMILES string of the molecule is CCCN(CCC)c1c(SC)nc2c(-c3c(OC)cc(CC)cc3OC)cccn12.